The van der Waals surface area contributed by atoms with Crippen molar-refractivity contribution >= 4 is 49.4 Å². The lowest BCUT2D eigenvalue weighted by Crippen LogP contribution is -2.17. The number of nitrogens with one attached hydrogen (secondary N) is 1. The number of halogens is 2. The SMILES string of the molecule is Cc1c(NC(=O)c2cc(Br)ccc2Br)cccc1C(N)=O. The van der Waals surface area contributed by atoms with E-state index in [0.717, 1.165) is 4.47 Å². The average Bonchev–Trinajstić information content (AvgIpc) is 2.43. The van der Waals surface area contributed by atoms with Crippen LogP contribution in [0, 0.1) is 6.92 Å². The van der Waals surface area contributed by atoms with Gasteiger partial charge in [0.2, 0.25) is 5.91 Å². The number of carbonyl (C=O) groups excluding carboxylic acids is 2. The molecule has 0 aliphatic carbocycles. The molecule has 0 aliphatic heterocycles. The Hall–Kier alpha value is -1.66. The maximum Gasteiger partial charge on any atom is 0.256 e. The molecule has 0 fully saturated rings. The number of anilines is 1. The van der Waals surface area contributed by atoms with Crippen LogP contribution in [-0.4, -0.2) is 11.8 Å². The van der Waals surface area contributed by atoms with E-state index in [-0.39, 0.29) is 5.91 Å². The summed E-state index contributed by atoms with van der Waals surface area (Å²) in [4.78, 5) is 23.7. The molecule has 0 aromatic heterocycles. The number of nitrogens with two attached hydrogens (primary N) is 1. The monoisotopic (exact) mass is 410 g/mol. The van der Waals surface area contributed by atoms with Gasteiger partial charge in [-0.2, -0.15) is 0 Å². The highest BCUT2D eigenvalue weighted by atomic mass is 79.9. The summed E-state index contributed by atoms with van der Waals surface area (Å²) in [6.07, 6.45) is 0. The Morgan fingerprint density at radius 2 is 1.81 bits per heavy atom. The molecule has 6 heteroatoms. The van der Waals surface area contributed by atoms with E-state index in [0.29, 0.717) is 26.9 Å². The third-order valence-electron chi connectivity index (χ3n) is 3.02. The van der Waals surface area contributed by atoms with Crippen LogP contribution in [-0.2, 0) is 0 Å². The van der Waals surface area contributed by atoms with Gasteiger partial charge in [-0.3, -0.25) is 9.59 Å². The fraction of sp³-hybridized carbons (Fsp3) is 0.0667. The maximum absolute atomic E-state index is 12.3. The van der Waals surface area contributed by atoms with E-state index < -0.39 is 5.91 Å². The predicted molar refractivity (Wildman–Crippen MR) is 89.5 cm³/mol. The lowest BCUT2D eigenvalue weighted by atomic mass is 10.1. The number of primary amides is 1. The molecule has 2 aromatic rings. The fourth-order valence-corrected chi connectivity index (χ4v) is 2.69. The first-order chi connectivity index (χ1) is 9.90. The third-order valence-corrected chi connectivity index (χ3v) is 4.21. The van der Waals surface area contributed by atoms with Crippen molar-refractivity contribution in [1.29, 1.82) is 0 Å². The molecule has 0 bridgehead atoms. The van der Waals surface area contributed by atoms with E-state index in [1.165, 1.54) is 0 Å². The molecule has 2 amide bonds. The molecular weight excluding hydrogens is 400 g/mol. The molecule has 2 rings (SSSR count). The van der Waals surface area contributed by atoms with Crippen LogP contribution in [0.1, 0.15) is 26.3 Å². The normalized spacial score (nSPS) is 10.2. The molecule has 0 unspecified atom stereocenters. The summed E-state index contributed by atoms with van der Waals surface area (Å²) < 4.78 is 1.49. The van der Waals surface area contributed by atoms with Crippen molar-refractivity contribution in [1.82, 2.24) is 0 Å². The number of hydrogen-bond acceptors (Lipinski definition) is 2. The van der Waals surface area contributed by atoms with Crippen LogP contribution in [0.3, 0.4) is 0 Å². The Morgan fingerprint density at radius 3 is 2.48 bits per heavy atom. The van der Waals surface area contributed by atoms with Crippen molar-refractivity contribution in [3.05, 3.63) is 62.0 Å². The molecule has 0 radical (unpaired) electrons. The largest absolute Gasteiger partial charge is 0.366 e. The Labute approximate surface area is 139 Å². The highest BCUT2D eigenvalue weighted by Crippen LogP contribution is 2.24. The van der Waals surface area contributed by atoms with Gasteiger partial charge in [0.1, 0.15) is 0 Å². The van der Waals surface area contributed by atoms with Crippen molar-refractivity contribution < 1.29 is 9.59 Å². The zero-order valence-corrected chi connectivity index (χ0v) is 14.3. The lowest BCUT2D eigenvalue weighted by Gasteiger charge is -2.12. The van der Waals surface area contributed by atoms with E-state index >= 15 is 0 Å². The minimum Gasteiger partial charge on any atom is -0.366 e. The van der Waals surface area contributed by atoms with Crippen LogP contribution < -0.4 is 11.1 Å². The maximum atomic E-state index is 12.3. The Morgan fingerprint density at radius 1 is 1.10 bits per heavy atom. The van der Waals surface area contributed by atoms with Crippen LogP contribution in [0.5, 0.6) is 0 Å². The third kappa shape index (κ3) is 3.51. The van der Waals surface area contributed by atoms with Gasteiger partial charge in [-0.25, -0.2) is 0 Å². The number of hydrogen-bond donors (Lipinski definition) is 2. The van der Waals surface area contributed by atoms with Gasteiger partial charge in [0.15, 0.2) is 0 Å². The second-order valence-corrected chi connectivity index (χ2v) is 6.19. The molecule has 0 atom stereocenters. The zero-order chi connectivity index (χ0) is 15.6. The van der Waals surface area contributed by atoms with Gasteiger partial charge in [-0.05, 0) is 58.7 Å². The van der Waals surface area contributed by atoms with Gasteiger partial charge in [-0.1, -0.05) is 22.0 Å². The van der Waals surface area contributed by atoms with Crippen LogP contribution in [0.4, 0.5) is 5.69 Å². The molecule has 0 aliphatic rings. The summed E-state index contributed by atoms with van der Waals surface area (Å²) in [5, 5.41) is 2.79. The van der Waals surface area contributed by atoms with Gasteiger partial charge in [-0.15, -0.1) is 0 Å². The summed E-state index contributed by atoms with van der Waals surface area (Å²) in [6, 6.07) is 10.4. The van der Waals surface area contributed by atoms with E-state index in [1.807, 2.05) is 6.07 Å². The average molecular weight is 412 g/mol. The summed E-state index contributed by atoms with van der Waals surface area (Å²) in [6.45, 7) is 1.74. The topological polar surface area (TPSA) is 72.2 Å². The van der Waals surface area contributed by atoms with Crippen LogP contribution >= 0.6 is 31.9 Å². The second kappa shape index (κ2) is 6.41. The fourth-order valence-electron chi connectivity index (χ4n) is 1.90. The minimum absolute atomic E-state index is 0.270. The van der Waals surface area contributed by atoms with Crippen molar-refractivity contribution in [3.63, 3.8) is 0 Å². The molecular formula is C15H12Br2N2O2. The predicted octanol–water partition coefficient (Wildman–Crippen LogP) is 3.87. The van der Waals surface area contributed by atoms with Crippen molar-refractivity contribution in [2.45, 2.75) is 6.92 Å². The summed E-state index contributed by atoms with van der Waals surface area (Å²) in [7, 11) is 0. The number of benzene rings is 2. The first-order valence-electron chi connectivity index (χ1n) is 6.06. The number of amides is 2. The lowest BCUT2D eigenvalue weighted by molar-refractivity contribution is 0.0995. The van der Waals surface area contributed by atoms with Gasteiger partial charge in [0.25, 0.3) is 5.91 Å². The molecule has 4 nitrogen and oxygen atoms in total. The summed E-state index contributed by atoms with van der Waals surface area (Å²) in [5.74, 6) is -0.792. The van der Waals surface area contributed by atoms with Gasteiger partial charge in [0, 0.05) is 20.2 Å². The first kappa shape index (κ1) is 15.7. The Bertz CT molecular complexity index is 730. The van der Waals surface area contributed by atoms with E-state index in [1.54, 1.807) is 37.3 Å². The second-order valence-electron chi connectivity index (χ2n) is 4.42. The number of carbonyl (C=O) groups is 2. The molecule has 0 saturated heterocycles. The first-order valence-corrected chi connectivity index (χ1v) is 7.64. The minimum atomic E-state index is -0.521. The molecule has 2 aromatic carbocycles. The zero-order valence-electron chi connectivity index (χ0n) is 11.1. The smallest absolute Gasteiger partial charge is 0.256 e. The summed E-state index contributed by atoms with van der Waals surface area (Å²) in [5.41, 5.74) is 7.39. The Kier molecular flexibility index (Phi) is 4.80. The highest BCUT2D eigenvalue weighted by molar-refractivity contribution is 9.11. The molecule has 21 heavy (non-hydrogen) atoms. The van der Waals surface area contributed by atoms with E-state index in [9.17, 15) is 9.59 Å². The van der Waals surface area contributed by atoms with Crippen molar-refractivity contribution in [2.24, 2.45) is 5.73 Å². The molecule has 3 N–H and O–H groups in total. The standard InChI is InChI=1S/C15H12Br2N2O2/c1-8-10(14(18)20)3-2-4-13(8)19-15(21)11-7-9(16)5-6-12(11)17/h2-7H,1H3,(H2,18,20)(H,19,21). The molecule has 0 spiro atoms. The van der Waals surface area contributed by atoms with Gasteiger partial charge >= 0.3 is 0 Å². The van der Waals surface area contributed by atoms with Crippen LogP contribution in [0.2, 0.25) is 0 Å². The molecule has 0 heterocycles. The van der Waals surface area contributed by atoms with Crippen LogP contribution in [0.15, 0.2) is 45.3 Å². The summed E-state index contributed by atoms with van der Waals surface area (Å²) >= 11 is 6.68. The van der Waals surface area contributed by atoms with Crippen LogP contribution in [0.25, 0.3) is 0 Å². The molecule has 108 valence electrons. The van der Waals surface area contributed by atoms with Crippen molar-refractivity contribution in [3.8, 4) is 0 Å². The van der Waals surface area contributed by atoms with E-state index in [4.69, 9.17) is 5.73 Å². The van der Waals surface area contributed by atoms with E-state index in [2.05, 4.69) is 37.2 Å². The van der Waals surface area contributed by atoms with Crippen molar-refractivity contribution in [2.75, 3.05) is 5.32 Å². The highest BCUT2D eigenvalue weighted by Gasteiger charge is 2.14. The number of rotatable bonds is 3. The molecule has 0 saturated carbocycles. The Balaban J connectivity index is 2.34. The quantitative estimate of drug-likeness (QED) is 0.804. The van der Waals surface area contributed by atoms with Gasteiger partial charge in [0.05, 0.1) is 5.56 Å². The van der Waals surface area contributed by atoms with Gasteiger partial charge < -0.3 is 11.1 Å².